The standard InChI is InChI=1S/C14H18F2O/c15-11-6-7-12(13(16)9-11)14(17)8-10-4-2-1-3-5-10/h6-7,9-10,14,17H,1-5,8H2. The van der Waals surface area contributed by atoms with Gasteiger partial charge in [0.2, 0.25) is 0 Å². The van der Waals surface area contributed by atoms with Gasteiger partial charge in [0.25, 0.3) is 0 Å². The quantitative estimate of drug-likeness (QED) is 0.847. The number of hydrogen-bond acceptors (Lipinski definition) is 1. The molecule has 1 fully saturated rings. The summed E-state index contributed by atoms with van der Waals surface area (Å²) >= 11 is 0. The van der Waals surface area contributed by atoms with Crippen molar-refractivity contribution >= 4 is 0 Å². The molecule has 1 N–H and O–H groups in total. The second kappa shape index (κ2) is 5.58. The van der Waals surface area contributed by atoms with Crippen LogP contribution < -0.4 is 0 Å². The Morgan fingerprint density at radius 2 is 1.88 bits per heavy atom. The average molecular weight is 240 g/mol. The molecule has 94 valence electrons. The van der Waals surface area contributed by atoms with Gasteiger partial charge in [0.05, 0.1) is 6.10 Å². The minimum absolute atomic E-state index is 0.219. The zero-order valence-electron chi connectivity index (χ0n) is 9.83. The normalized spacial score (nSPS) is 19.2. The first-order chi connectivity index (χ1) is 8.16. The van der Waals surface area contributed by atoms with Crippen LogP contribution in [0.2, 0.25) is 0 Å². The molecule has 2 rings (SSSR count). The Morgan fingerprint density at radius 3 is 2.53 bits per heavy atom. The molecule has 1 aromatic rings. The Balaban J connectivity index is 2.00. The largest absolute Gasteiger partial charge is 0.388 e. The van der Waals surface area contributed by atoms with Crippen LogP contribution in [0.1, 0.15) is 50.2 Å². The van der Waals surface area contributed by atoms with E-state index in [1.54, 1.807) is 0 Å². The van der Waals surface area contributed by atoms with Gasteiger partial charge in [0.1, 0.15) is 11.6 Å². The van der Waals surface area contributed by atoms with E-state index in [9.17, 15) is 13.9 Å². The Hall–Kier alpha value is -0.960. The fourth-order valence-corrected chi connectivity index (χ4v) is 2.64. The fourth-order valence-electron chi connectivity index (χ4n) is 2.64. The van der Waals surface area contributed by atoms with Gasteiger partial charge in [0, 0.05) is 11.6 Å². The van der Waals surface area contributed by atoms with Gasteiger partial charge in [-0.25, -0.2) is 8.78 Å². The van der Waals surface area contributed by atoms with Crippen LogP contribution in [0.4, 0.5) is 8.78 Å². The topological polar surface area (TPSA) is 20.2 Å². The van der Waals surface area contributed by atoms with Crippen molar-refractivity contribution in [2.45, 2.75) is 44.6 Å². The Labute approximate surface area is 100 Å². The first-order valence-electron chi connectivity index (χ1n) is 6.30. The van der Waals surface area contributed by atoms with E-state index in [-0.39, 0.29) is 5.56 Å². The number of halogens is 2. The van der Waals surface area contributed by atoms with Gasteiger partial charge in [-0.15, -0.1) is 0 Å². The van der Waals surface area contributed by atoms with Crippen LogP contribution >= 0.6 is 0 Å². The van der Waals surface area contributed by atoms with Crippen LogP contribution in [-0.4, -0.2) is 5.11 Å². The van der Waals surface area contributed by atoms with Crippen molar-refractivity contribution in [1.29, 1.82) is 0 Å². The van der Waals surface area contributed by atoms with Crippen LogP contribution in [0, 0.1) is 17.6 Å². The summed E-state index contributed by atoms with van der Waals surface area (Å²) in [6.45, 7) is 0. The van der Waals surface area contributed by atoms with Gasteiger partial charge in [-0.3, -0.25) is 0 Å². The van der Waals surface area contributed by atoms with Crippen molar-refractivity contribution in [1.82, 2.24) is 0 Å². The molecule has 1 aliphatic rings. The Morgan fingerprint density at radius 1 is 1.18 bits per heavy atom. The van der Waals surface area contributed by atoms with Crippen LogP contribution in [0.3, 0.4) is 0 Å². The second-order valence-corrected chi connectivity index (χ2v) is 4.92. The molecule has 1 aliphatic carbocycles. The summed E-state index contributed by atoms with van der Waals surface area (Å²) in [6, 6.07) is 3.38. The van der Waals surface area contributed by atoms with Crippen LogP contribution in [0.15, 0.2) is 18.2 Å². The van der Waals surface area contributed by atoms with Crippen molar-refractivity contribution in [2.24, 2.45) is 5.92 Å². The predicted molar refractivity (Wildman–Crippen MR) is 62.5 cm³/mol. The van der Waals surface area contributed by atoms with Gasteiger partial charge in [-0.1, -0.05) is 38.2 Å². The molecule has 0 spiro atoms. The Bertz CT molecular complexity index is 372. The zero-order valence-corrected chi connectivity index (χ0v) is 9.83. The van der Waals surface area contributed by atoms with E-state index in [1.165, 1.54) is 31.4 Å². The van der Waals surface area contributed by atoms with Crippen molar-refractivity contribution in [3.63, 3.8) is 0 Å². The van der Waals surface area contributed by atoms with E-state index in [1.807, 2.05) is 0 Å². The highest BCUT2D eigenvalue weighted by Gasteiger charge is 2.20. The molecule has 0 saturated heterocycles. The number of benzene rings is 1. The summed E-state index contributed by atoms with van der Waals surface area (Å²) in [5, 5.41) is 9.98. The lowest BCUT2D eigenvalue weighted by molar-refractivity contribution is 0.127. The monoisotopic (exact) mass is 240 g/mol. The molecular weight excluding hydrogens is 222 g/mol. The Kier molecular flexibility index (Phi) is 4.11. The van der Waals surface area contributed by atoms with Crippen LogP contribution in [0.25, 0.3) is 0 Å². The molecular formula is C14H18F2O. The maximum atomic E-state index is 13.5. The summed E-state index contributed by atoms with van der Waals surface area (Å²) in [6.07, 6.45) is 5.66. The van der Waals surface area contributed by atoms with Crippen molar-refractivity contribution in [3.8, 4) is 0 Å². The summed E-state index contributed by atoms with van der Waals surface area (Å²) < 4.78 is 26.2. The number of aliphatic hydroxyl groups is 1. The van der Waals surface area contributed by atoms with E-state index in [2.05, 4.69) is 0 Å². The first-order valence-corrected chi connectivity index (χ1v) is 6.30. The summed E-state index contributed by atoms with van der Waals surface area (Å²) in [5.74, 6) is -0.771. The highest BCUT2D eigenvalue weighted by molar-refractivity contribution is 5.20. The molecule has 0 heterocycles. The SMILES string of the molecule is OC(CC1CCCCC1)c1ccc(F)cc1F. The zero-order chi connectivity index (χ0) is 12.3. The number of aliphatic hydroxyl groups excluding tert-OH is 1. The molecule has 0 aromatic heterocycles. The van der Waals surface area contributed by atoms with E-state index in [0.717, 1.165) is 18.9 Å². The third-order valence-corrected chi connectivity index (χ3v) is 3.60. The van der Waals surface area contributed by atoms with E-state index in [4.69, 9.17) is 0 Å². The number of rotatable bonds is 3. The molecule has 1 saturated carbocycles. The second-order valence-electron chi connectivity index (χ2n) is 4.92. The van der Waals surface area contributed by atoms with E-state index in [0.29, 0.717) is 12.3 Å². The minimum atomic E-state index is -0.807. The fraction of sp³-hybridized carbons (Fsp3) is 0.571. The van der Waals surface area contributed by atoms with Crippen molar-refractivity contribution < 1.29 is 13.9 Å². The third kappa shape index (κ3) is 3.25. The van der Waals surface area contributed by atoms with Crippen LogP contribution in [0.5, 0.6) is 0 Å². The maximum Gasteiger partial charge on any atom is 0.131 e. The summed E-state index contributed by atoms with van der Waals surface area (Å²) in [5.41, 5.74) is 0.219. The molecule has 3 heteroatoms. The van der Waals surface area contributed by atoms with E-state index >= 15 is 0 Å². The van der Waals surface area contributed by atoms with E-state index < -0.39 is 17.7 Å². The predicted octanol–water partition coefficient (Wildman–Crippen LogP) is 3.97. The summed E-state index contributed by atoms with van der Waals surface area (Å²) in [7, 11) is 0. The molecule has 1 unspecified atom stereocenters. The first kappa shape index (κ1) is 12.5. The molecule has 1 atom stereocenters. The maximum absolute atomic E-state index is 13.5. The van der Waals surface area contributed by atoms with Crippen molar-refractivity contribution in [2.75, 3.05) is 0 Å². The smallest absolute Gasteiger partial charge is 0.131 e. The molecule has 0 bridgehead atoms. The third-order valence-electron chi connectivity index (χ3n) is 3.60. The summed E-state index contributed by atoms with van der Waals surface area (Å²) in [4.78, 5) is 0. The highest BCUT2D eigenvalue weighted by atomic mass is 19.1. The highest BCUT2D eigenvalue weighted by Crippen LogP contribution is 2.32. The lowest BCUT2D eigenvalue weighted by Crippen LogP contribution is -2.12. The molecule has 0 amide bonds. The molecule has 1 aromatic carbocycles. The molecule has 17 heavy (non-hydrogen) atoms. The molecule has 0 aliphatic heterocycles. The van der Waals surface area contributed by atoms with Gasteiger partial charge in [-0.05, 0) is 18.4 Å². The van der Waals surface area contributed by atoms with Gasteiger partial charge in [0.15, 0.2) is 0 Å². The lowest BCUT2D eigenvalue weighted by Gasteiger charge is -2.24. The molecule has 0 radical (unpaired) electrons. The lowest BCUT2D eigenvalue weighted by atomic mass is 9.84. The number of hydrogen-bond donors (Lipinski definition) is 1. The molecule has 1 nitrogen and oxygen atoms in total. The minimum Gasteiger partial charge on any atom is -0.388 e. The average Bonchev–Trinajstić information content (AvgIpc) is 2.30. The van der Waals surface area contributed by atoms with Gasteiger partial charge >= 0.3 is 0 Å². The van der Waals surface area contributed by atoms with Crippen LogP contribution in [-0.2, 0) is 0 Å². The van der Waals surface area contributed by atoms with Gasteiger partial charge in [-0.2, -0.15) is 0 Å². The van der Waals surface area contributed by atoms with Gasteiger partial charge < -0.3 is 5.11 Å². The van der Waals surface area contributed by atoms with Crippen molar-refractivity contribution in [3.05, 3.63) is 35.4 Å².